The van der Waals surface area contributed by atoms with Crippen LogP contribution in [0.25, 0.3) is 0 Å². The Hall–Kier alpha value is -1.06. The van der Waals surface area contributed by atoms with E-state index in [2.05, 4.69) is 23.8 Å². The molecule has 0 saturated carbocycles. The molecule has 1 aromatic rings. The van der Waals surface area contributed by atoms with Crippen LogP contribution in [0.1, 0.15) is 37.8 Å². The Balaban J connectivity index is 1.73. The van der Waals surface area contributed by atoms with Crippen LogP contribution in [0.2, 0.25) is 0 Å². The standard InChI is InChI=1S/C16H24N2O/c1-12(13-3-7-16(19)8-4-13)18-10-9-14-5-6-15(11-18)17(14)2/h3-4,7-8,12,14-15,19H,5-6,9-11H2,1-2H3. The molecule has 0 radical (unpaired) electrons. The van der Waals surface area contributed by atoms with Gasteiger partial charge in [0.15, 0.2) is 0 Å². The SMILES string of the molecule is CC(c1ccc(O)cc1)N1CCC2CCC(C1)N2C. The molecule has 2 bridgehead atoms. The predicted molar refractivity (Wildman–Crippen MR) is 77.3 cm³/mol. The largest absolute Gasteiger partial charge is 0.508 e. The maximum absolute atomic E-state index is 9.39. The molecule has 2 fully saturated rings. The minimum Gasteiger partial charge on any atom is -0.508 e. The minimum absolute atomic E-state index is 0.352. The summed E-state index contributed by atoms with van der Waals surface area (Å²) < 4.78 is 0. The van der Waals surface area contributed by atoms with E-state index in [1.54, 1.807) is 12.1 Å². The van der Waals surface area contributed by atoms with Crippen molar-refractivity contribution in [3.8, 4) is 5.75 Å². The molecule has 3 nitrogen and oxygen atoms in total. The van der Waals surface area contributed by atoms with E-state index in [0.29, 0.717) is 11.8 Å². The van der Waals surface area contributed by atoms with Crippen molar-refractivity contribution in [1.82, 2.24) is 9.80 Å². The maximum Gasteiger partial charge on any atom is 0.115 e. The molecule has 0 aromatic heterocycles. The van der Waals surface area contributed by atoms with Gasteiger partial charge >= 0.3 is 0 Å². The van der Waals surface area contributed by atoms with Gasteiger partial charge in [0.05, 0.1) is 0 Å². The van der Waals surface area contributed by atoms with Gasteiger partial charge in [0.2, 0.25) is 0 Å². The summed E-state index contributed by atoms with van der Waals surface area (Å²) in [5.41, 5.74) is 1.30. The van der Waals surface area contributed by atoms with E-state index in [9.17, 15) is 5.11 Å². The normalized spacial score (nSPS) is 30.2. The van der Waals surface area contributed by atoms with Gasteiger partial charge in [-0.15, -0.1) is 0 Å². The molecular weight excluding hydrogens is 236 g/mol. The van der Waals surface area contributed by atoms with Gasteiger partial charge in [-0.1, -0.05) is 12.1 Å². The highest BCUT2D eigenvalue weighted by Crippen LogP contribution is 2.32. The molecule has 3 rings (SSSR count). The third-order valence-electron chi connectivity index (χ3n) is 5.10. The molecule has 0 amide bonds. The molecular formula is C16H24N2O. The summed E-state index contributed by atoms with van der Waals surface area (Å²) in [4.78, 5) is 5.19. The van der Waals surface area contributed by atoms with E-state index < -0.39 is 0 Å². The lowest BCUT2D eigenvalue weighted by atomic mass is 10.0. The average molecular weight is 260 g/mol. The second-order valence-corrected chi connectivity index (χ2v) is 6.10. The summed E-state index contributed by atoms with van der Waals surface area (Å²) in [7, 11) is 2.29. The van der Waals surface area contributed by atoms with Gasteiger partial charge in [0.1, 0.15) is 5.75 Å². The molecule has 0 spiro atoms. The quantitative estimate of drug-likeness (QED) is 0.885. The first kappa shape index (κ1) is 12.9. The van der Waals surface area contributed by atoms with Gasteiger partial charge in [-0.05, 0) is 50.9 Å². The van der Waals surface area contributed by atoms with Crippen LogP contribution >= 0.6 is 0 Å². The summed E-state index contributed by atoms with van der Waals surface area (Å²) in [6, 6.07) is 9.64. The van der Waals surface area contributed by atoms with Crippen LogP contribution in [-0.4, -0.2) is 47.1 Å². The van der Waals surface area contributed by atoms with E-state index in [1.807, 2.05) is 12.1 Å². The Labute approximate surface area is 115 Å². The molecule has 2 aliphatic rings. The number of likely N-dealkylation sites (tertiary alicyclic amines) is 1. The minimum atomic E-state index is 0.352. The second-order valence-electron chi connectivity index (χ2n) is 6.10. The average Bonchev–Trinajstić information content (AvgIpc) is 2.63. The Morgan fingerprint density at radius 3 is 2.53 bits per heavy atom. The van der Waals surface area contributed by atoms with Gasteiger partial charge in [-0.3, -0.25) is 9.80 Å². The molecule has 0 aliphatic carbocycles. The Kier molecular flexibility index (Phi) is 3.50. The molecule has 3 heteroatoms. The molecule has 104 valence electrons. The smallest absolute Gasteiger partial charge is 0.115 e. The number of phenols is 1. The molecule has 2 aliphatic heterocycles. The van der Waals surface area contributed by atoms with Crippen molar-refractivity contribution in [2.75, 3.05) is 20.1 Å². The number of hydrogen-bond donors (Lipinski definition) is 1. The molecule has 3 atom stereocenters. The van der Waals surface area contributed by atoms with Crippen LogP contribution in [0.15, 0.2) is 24.3 Å². The first-order chi connectivity index (χ1) is 9.15. The number of benzene rings is 1. The lowest BCUT2D eigenvalue weighted by molar-refractivity contribution is 0.181. The van der Waals surface area contributed by atoms with Crippen molar-refractivity contribution in [3.63, 3.8) is 0 Å². The zero-order valence-electron chi connectivity index (χ0n) is 11.9. The van der Waals surface area contributed by atoms with Gasteiger partial charge in [-0.2, -0.15) is 0 Å². The van der Waals surface area contributed by atoms with Crippen LogP contribution in [-0.2, 0) is 0 Å². The summed E-state index contributed by atoms with van der Waals surface area (Å²) in [6.45, 7) is 4.65. The van der Waals surface area contributed by atoms with Crippen LogP contribution in [0.4, 0.5) is 0 Å². The lowest BCUT2D eigenvalue weighted by Gasteiger charge is -2.31. The number of rotatable bonds is 2. The van der Waals surface area contributed by atoms with E-state index >= 15 is 0 Å². The first-order valence-corrected chi connectivity index (χ1v) is 7.40. The van der Waals surface area contributed by atoms with Crippen LogP contribution in [0.3, 0.4) is 0 Å². The number of phenolic OH excluding ortho intramolecular Hbond substituents is 1. The number of nitrogens with zero attached hydrogens (tertiary/aromatic N) is 2. The molecule has 1 N–H and O–H groups in total. The Morgan fingerprint density at radius 1 is 1.11 bits per heavy atom. The van der Waals surface area contributed by atoms with Crippen molar-refractivity contribution in [3.05, 3.63) is 29.8 Å². The third kappa shape index (κ3) is 2.49. The fraction of sp³-hybridized carbons (Fsp3) is 0.625. The van der Waals surface area contributed by atoms with Gasteiger partial charge in [-0.25, -0.2) is 0 Å². The van der Waals surface area contributed by atoms with E-state index in [4.69, 9.17) is 0 Å². The van der Waals surface area contributed by atoms with Crippen molar-refractivity contribution in [1.29, 1.82) is 0 Å². The van der Waals surface area contributed by atoms with Gasteiger partial charge in [0.25, 0.3) is 0 Å². The third-order valence-corrected chi connectivity index (χ3v) is 5.10. The first-order valence-electron chi connectivity index (χ1n) is 7.40. The topological polar surface area (TPSA) is 26.7 Å². The molecule has 3 unspecified atom stereocenters. The zero-order valence-corrected chi connectivity index (χ0v) is 11.9. The van der Waals surface area contributed by atoms with Gasteiger partial charge in [0, 0.05) is 31.2 Å². The summed E-state index contributed by atoms with van der Waals surface area (Å²) in [5, 5.41) is 9.39. The molecule has 2 heterocycles. The second kappa shape index (κ2) is 5.14. The Morgan fingerprint density at radius 2 is 1.79 bits per heavy atom. The summed E-state index contributed by atoms with van der Waals surface area (Å²) in [5.74, 6) is 0.352. The molecule has 1 aromatic carbocycles. The molecule has 2 saturated heterocycles. The Bertz CT molecular complexity index is 431. The summed E-state index contributed by atoms with van der Waals surface area (Å²) >= 11 is 0. The van der Waals surface area contributed by atoms with E-state index in [1.165, 1.54) is 37.9 Å². The van der Waals surface area contributed by atoms with Crippen molar-refractivity contribution in [2.24, 2.45) is 0 Å². The fourth-order valence-electron chi connectivity index (χ4n) is 3.65. The zero-order chi connectivity index (χ0) is 13.4. The van der Waals surface area contributed by atoms with Crippen LogP contribution in [0, 0.1) is 0 Å². The number of likely N-dealkylation sites (N-methyl/N-ethyl adjacent to an activating group) is 1. The number of aromatic hydroxyl groups is 1. The maximum atomic E-state index is 9.39. The lowest BCUT2D eigenvalue weighted by Crippen LogP contribution is -2.37. The van der Waals surface area contributed by atoms with Gasteiger partial charge < -0.3 is 5.11 Å². The highest BCUT2D eigenvalue weighted by Gasteiger charge is 2.35. The van der Waals surface area contributed by atoms with Crippen LogP contribution in [0.5, 0.6) is 5.75 Å². The highest BCUT2D eigenvalue weighted by atomic mass is 16.3. The van der Waals surface area contributed by atoms with Crippen LogP contribution < -0.4 is 0 Å². The fourth-order valence-corrected chi connectivity index (χ4v) is 3.65. The molecule has 19 heavy (non-hydrogen) atoms. The number of fused-ring (bicyclic) bond motifs is 2. The van der Waals surface area contributed by atoms with E-state index in [-0.39, 0.29) is 0 Å². The summed E-state index contributed by atoms with van der Waals surface area (Å²) in [6.07, 6.45) is 4.01. The van der Waals surface area contributed by atoms with E-state index in [0.717, 1.165) is 12.1 Å². The van der Waals surface area contributed by atoms with Crippen molar-refractivity contribution in [2.45, 2.75) is 44.3 Å². The van der Waals surface area contributed by atoms with Crippen molar-refractivity contribution < 1.29 is 5.11 Å². The predicted octanol–water partition coefficient (Wildman–Crippen LogP) is 2.62. The van der Waals surface area contributed by atoms with Crippen molar-refractivity contribution >= 4 is 0 Å². The highest BCUT2D eigenvalue weighted by molar-refractivity contribution is 5.27. The monoisotopic (exact) mass is 260 g/mol. The number of hydrogen-bond acceptors (Lipinski definition) is 3.